The summed E-state index contributed by atoms with van der Waals surface area (Å²) in [5, 5.41) is 0. The van der Waals surface area contributed by atoms with E-state index >= 15 is 0 Å². The van der Waals surface area contributed by atoms with Gasteiger partial charge < -0.3 is 23.8 Å². The molecule has 1 aliphatic rings. The number of hydrogen-bond donors (Lipinski definition) is 0. The van der Waals surface area contributed by atoms with Gasteiger partial charge in [-0.15, -0.1) is 0 Å². The van der Waals surface area contributed by atoms with Crippen LogP contribution in [0.1, 0.15) is 30.1 Å². The molecule has 0 unspecified atom stereocenters. The van der Waals surface area contributed by atoms with Crippen molar-refractivity contribution in [1.29, 1.82) is 0 Å². The van der Waals surface area contributed by atoms with Gasteiger partial charge in [0.05, 0.1) is 32.3 Å². The van der Waals surface area contributed by atoms with E-state index in [1.807, 2.05) is 0 Å². The fraction of sp³-hybridized carbons (Fsp3) is 0.526. The zero-order valence-corrected chi connectivity index (χ0v) is 15.9. The number of carbonyl (C=O) groups is 3. The zero-order valence-electron chi connectivity index (χ0n) is 15.9. The molecule has 1 heterocycles. The molecule has 2 rings (SSSR count). The maximum absolute atomic E-state index is 12.3. The first-order valence-corrected chi connectivity index (χ1v) is 8.83. The number of piperidine rings is 1. The highest BCUT2D eigenvalue weighted by Gasteiger charge is 2.28. The van der Waals surface area contributed by atoms with Gasteiger partial charge in [-0.1, -0.05) is 0 Å². The second kappa shape index (κ2) is 9.80. The molecular weight excluding hydrogens is 354 g/mol. The van der Waals surface area contributed by atoms with E-state index in [1.54, 1.807) is 17.9 Å². The Morgan fingerprint density at radius 3 is 2.11 bits per heavy atom. The number of carbonyl (C=O) groups excluding carboxylic acids is 3. The van der Waals surface area contributed by atoms with Crippen molar-refractivity contribution in [3.8, 4) is 11.5 Å². The van der Waals surface area contributed by atoms with E-state index < -0.39 is 5.97 Å². The van der Waals surface area contributed by atoms with E-state index in [0.29, 0.717) is 44.0 Å². The lowest BCUT2D eigenvalue weighted by molar-refractivity contribution is -0.151. The number of methoxy groups -OCH3 is 2. The van der Waals surface area contributed by atoms with Gasteiger partial charge in [0.2, 0.25) is 0 Å². The van der Waals surface area contributed by atoms with Crippen LogP contribution in [0, 0.1) is 5.92 Å². The van der Waals surface area contributed by atoms with E-state index in [9.17, 15) is 14.4 Å². The standard InChI is InChI=1S/C19H25NO7/c1-4-26-18(22)13-5-7-20(8-6-13)17(21)12-27-19(23)14-9-15(24-2)11-16(10-14)25-3/h9-11,13H,4-8,12H2,1-3H3. The van der Waals surface area contributed by atoms with E-state index in [4.69, 9.17) is 18.9 Å². The predicted molar refractivity (Wildman–Crippen MR) is 95.8 cm³/mol. The van der Waals surface area contributed by atoms with Gasteiger partial charge in [-0.25, -0.2) is 4.79 Å². The van der Waals surface area contributed by atoms with E-state index in [2.05, 4.69) is 0 Å². The molecule has 0 saturated carbocycles. The van der Waals surface area contributed by atoms with Crippen molar-refractivity contribution in [1.82, 2.24) is 4.90 Å². The van der Waals surface area contributed by atoms with Crippen LogP contribution in [0.2, 0.25) is 0 Å². The minimum absolute atomic E-state index is 0.180. The van der Waals surface area contributed by atoms with Crippen LogP contribution < -0.4 is 9.47 Å². The van der Waals surface area contributed by atoms with E-state index in [-0.39, 0.29) is 30.0 Å². The minimum atomic E-state index is -0.637. The topological polar surface area (TPSA) is 91.4 Å². The number of nitrogens with zero attached hydrogens (tertiary/aromatic N) is 1. The number of amides is 1. The molecule has 27 heavy (non-hydrogen) atoms. The summed E-state index contributed by atoms with van der Waals surface area (Å²) in [6.07, 6.45) is 1.09. The molecule has 1 fully saturated rings. The summed E-state index contributed by atoms with van der Waals surface area (Å²) < 4.78 is 20.4. The minimum Gasteiger partial charge on any atom is -0.497 e. The third-order valence-electron chi connectivity index (χ3n) is 4.38. The van der Waals surface area contributed by atoms with Crippen LogP contribution in [0.25, 0.3) is 0 Å². The van der Waals surface area contributed by atoms with Crippen molar-refractivity contribution in [3.05, 3.63) is 23.8 Å². The molecule has 0 aliphatic carbocycles. The lowest BCUT2D eigenvalue weighted by Crippen LogP contribution is -2.42. The summed E-state index contributed by atoms with van der Waals surface area (Å²) >= 11 is 0. The quantitative estimate of drug-likeness (QED) is 0.666. The Labute approximate surface area is 158 Å². The molecule has 0 aromatic heterocycles. The Kier molecular flexibility index (Phi) is 7.45. The number of rotatable bonds is 7. The molecule has 1 amide bonds. The fourth-order valence-corrected chi connectivity index (χ4v) is 2.85. The summed E-state index contributed by atoms with van der Waals surface area (Å²) in [5.41, 5.74) is 0.236. The third-order valence-corrected chi connectivity index (χ3v) is 4.38. The third kappa shape index (κ3) is 5.60. The Bertz CT molecular complexity index is 658. The van der Waals surface area contributed by atoms with Crippen LogP contribution in [0.3, 0.4) is 0 Å². The summed E-state index contributed by atoms with van der Waals surface area (Å²) in [5.74, 6) is -0.423. The molecule has 0 N–H and O–H groups in total. The Hall–Kier alpha value is -2.77. The summed E-state index contributed by atoms with van der Waals surface area (Å²) in [6, 6.07) is 4.66. The SMILES string of the molecule is CCOC(=O)C1CCN(C(=O)COC(=O)c2cc(OC)cc(OC)c2)CC1. The van der Waals surface area contributed by atoms with Crippen molar-refractivity contribution in [2.24, 2.45) is 5.92 Å². The van der Waals surface area contributed by atoms with Crippen LogP contribution in [-0.2, 0) is 19.1 Å². The van der Waals surface area contributed by atoms with Crippen molar-refractivity contribution in [2.45, 2.75) is 19.8 Å². The van der Waals surface area contributed by atoms with Crippen LogP contribution >= 0.6 is 0 Å². The first-order valence-electron chi connectivity index (χ1n) is 8.83. The molecule has 0 radical (unpaired) electrons. The summed E-state index contributed by atoms with van der Waals surface area (Å²) in [6.45, 7) is 2.63. The van der Waals surface area contributed by atoms with Crippen LogP contribution in [0.15, 0.2) is 18.2 Å². The lowest BCUT2D eigenvalue weighted by atomic mass is 9.97. The number of likely N-dealkylation sites (tertiary alicyclic amines) is 1. The van der Waals surface area contributed by atoms with E-state index in [0.717, 1.165) is 0 Å². The molecule has 1 saturated heterocycles. The Balaban J connectivity index is 1.85. The van der Waals surface area contributed by atoms with Crippen molar-refractivity contribution in [3.63, 3.8) is 0 Å². The lowest BCUT2D eigenvalue weighted by Gasteiger charge is -2.30. The molecule has 8 heteroatoms. The number of hydrogen-bond acceptors (Lipinski definition) is 7. The van der Waals surface area contributed by atoms with Gasteiger partial charge >= 0.3 is 11.9 Å². The van der Waals surface area contributed by atoms with Crippen molar-refractivity contribution < 1.29 is 33.3 Å². The fourth-order valence-electron chi connectivity index (χ4n) is 2.85. The van der Waals surface area contributed by atoms with Gasteiger partial charge in [-0.3, -0.25) is 9.59 Å². The highest BCUT2D eigenvalue weighted by molar-refractivity contribution is 5.92. The Morgan fingerprint density at radius 2 is 1.59 bits per heavy atom. The van der Waals surface area contributed by atoms with Gasteiger partial charge in [0.15, 0.2) is 6.61 Å². The van der Waals surface area contributed by atoms with Gasteiger partial charge in [0.1, 0.15) is 11.5 Å². The molecule has 8 nitrogen and oxygen atoms in total. The molecule has 0 bridgehead atoms. The first-order chi connectivity index (χ1) is 13.0. The number of esters is 2. The molecule has 0 spiro atoms. The average molecular weight is 379 g/mol. The molecule has 1 aliphatic heterocycles. The molecule has 1 aromatic carbocycles. The highest BCUT2D eigenvalue weighted by atomic mass is 16.5. The van der Waals surface area contributed by atoms with E-state index in [1.165, 1.54) is 26.4 Å². The monoisotopic (exact) mass is 379 g/mol. The van der Waals surface area contributed by atoms with Crippen molar-refractivity contribution in [2.75, 3.05) is 40.5 Å². The first kappa shape index (κ1) is 20.5. The molecule has 148 valence electrons. The number of ether oxygens (including phenoxy) is 4. The second-order valence-corrected chi connectivity index (χ2v) is 6.08. The van der Waals surface area contributed by atoms with Gasteiger partial charge in [0, 0.05) is 19.2 Å². The maximum atomic E-state index is 12.3. The maximum Gasteiger partial charge on any atom is 0.338 e. The van der Waals surface area contributed by atoms with Crippen LogP contribution in [0.4, 0.5) is 0 Å². The average Bonchev–Trinajstić information content (AvgIpc) is 2.71. The smallest absolute Gasteiger partial charge is 0.338 e. The number of benzene rings is 1. The Morgan fingerprint density at radius 1 is 1.00 bits per heavy atom. The molecular formula is C19H25NO7. The largest absolute Gasteiger partial charge is 0.497 e. The second-order valence-electron chi connectivity index (χ2n) is 6.08. The predicted octanol–water partition coefficient (Wildman–Crippen LogP) is 1.66. The van der Waals surface area contributed by atoms with Crippen molar-refractivity contribution >= 4 is 17.8 Å². The van der Waals surface area contributed by atoms with Gasteiger partial charge in [-0.05, 0) is 31.9 Å². The summed E-state index contributed by atoms with van der Waals surface area (Å²) in [4.78, 5) is 37.8. The van der Waals surface area contributed by atoms with Gasteiger partial charge in [0.25, 0.3) is 5.91 Å². The van der Waals surface area contributed by atoms with Crippen LogP contribution in [0.5, 0.6) is 11.5 Å². The summed E-state index contributed by atoms with van der Waals surface area (Å²) in [7, 11) is 2.96. The highest BCUT2D eigenvalue weighted by Crippen LogP contribution is 2.23. The van der Waals surface area contributed by atoms with Crippen LogP contribution in [-0.4, -0.2) is 63.3 Å². The zero-order chi connectivity index (χ0) is 19.8. The molecule has 1 aromatic rings. The molecule has 0 atom stereocenters. The van der Waals surface area contributed by atoms with Gasteiger partial charge in [-0.2, -0.15) is 0 Å². The normalized spacial score (nSPS) is 14.4.